The summed E-state index contributed by atoms with van der Waals surface area (Å²) in [6.45, 7) is 2.08. The molecule has 0 bridgehead atoms. The van der Waals surface area contributed by atoms with Crippen molar-refractivity contribution in [3.8, 4) is 0 Å². The molecule has 0 radical (unpaired) electrons. The van der Waals surface area contributed by atoms with E-state index in [0.29, 0.717) is 6.04 Å². The van der Waals surface area contributed by atoms with E-state index in [1.165, 1.54) is 12.8 Å². The molecular formula is C6H12N2. The average molecular weight is 112 g/mol. The first kappa shape index (κ1) is 5.60. The normalized spacial score (nSPS) is 19.6. The molecule has 0 aromatic heterocycles. The number of rotatable bonds is 3. The van der Waals surface area contributed by atoms with Crippen molar-refractivity contribution in [2.75, 3.05) is 0 Å². The zero-order chi connectivity index (χ0) is 5.82. The molecule has 1 saturated carbocycles. The summed E-state index contributed by atoms with van der Waals surface area (Å²) >= 11 is 0. The van der Waals surface area contributed by atoms with Crippen LogP contribution in [-0.2, 0) is 0 Å². The Bertz CT molecular complexity index is 84.5. The Morgan fingerprint density at radius 3 is 3.00 bits per heavy atom. The molecule has 1 aliphatic carbocycles. The van der Waals surface area contributed by atoms with Crippen LogP contribution in [0.5, 0.6) is 0 Å². The summed E-state index contributed by atoms with van der Waals surface area (Å²) in [4.78, 5) is 0. The third-order valence-corrected chi connectivity index (χ3v) is 1.11. The molecule has 0 unspecified atom stereocenters. The summed E-state index contributed by atoms with van der Waals surface area (Å²) in [6.07, 6.45) is 5.54. The minimum absolute atomic E-state index is 0.706. The molecule has 0 aromatic carbocycles. The van der Waals surface area contributed by atoms with Gasteiger partial charge in [0, 0.05) is 12.3 Å². The summed E-state index contributed by atoms with van der Waals surface area (Å²) in [5.74, 6) is 0. The molecule has 46 valence electrons. The lowest BCUT2D eigenvalue weighted by Gasteiger charge is -1.90. The molecule has 1 rings (SSSR count). The first-order chi connectivity index (χ1) is 3.93. The molecule has 0 aromatic rings. The quantitative estimate of drug-likeness (QED) is 0.429. The van der Waals surface area contributed by atoms with E-state index in [1.807, 2.05) is 6.21 Å². The van der Waals surface area contributed by atoms with Crippen molar-refractivity contribution >= 4 is 6.21 Å². The standard InChI is InChI=1S/C6H12N2/c1-2-5-7-8-6-3-4-6/h5-6,8H,2-4H2,1H3/b7-5+. The fraction of sp³-hybridized carbons (Fsp3) is 0.833. The van der Waals surface area contributed by atoms with E-state index in [9.17, 15) is 0 Å². The third kappa shape index (κ3) is 1.96. The van der Waals surface area contributed by atoms with Gasteiger partial charge in [-0.3, -0.25) is 0 Å². The van der Waals surface area contributed by atoms with Crippen molar-refractivity contribution in [3.05, 3.63) is 0 Å². The van der Waals surface area contributed by atoms with Gasteiger partial charge < -0.3 is 5.43 Å². The van der Waals surface area contributed by atoms with Crippen molar-refractivity contribution < 1.29 is 0 Å². The molecule has 0 amide bonds. The van der Waals surface area contributed by atoms with Crippen LogP contribution < -0.4 is 5.43 Å². The van der Waals surface area contributed by atoms with Crippen LogP contribution in [0.3, 0.4) is 0 Å². The SMILES string of the molecule is CC/C=N/NC1CC1. The molecule has 1 N–H and O–H groups in total. The van der Waals surface area contributed by atoms with Crippen LogP contribution >= 0.6 is 0 Å². The minimum Gasteiger partial charge on any atom is -0.307 e. The maximum Gasteiger partial charge on any atom is 0.0441 e. The largest absolute Gasteiger partial charge is 0.307 e. The Labute approximate surface area is 50.0 Å². The fourth-order valence-corrected chi connectivity index (χ4v) is 0.462. The highest BCUT2D eigenvalue weighted by molar-refractivity contribution is 5.56. The highest BCUT2D eigenvalue weighted by Crippen LogP contribution is 2.17. The van der Waals surface area contributed by atoms with Crippen molar-refractivity contribution in [1.29, 1.82) is 0 Å². The summed E-state index contributed by atoms with van der Waals surface area (Å²) in [7, 11) is 0. The number of hydrogen-bond donors (Lipinski definition) is 1. The van der Waals surface area contributed by atoms with Crippen LogP contribution in [0, 0.1) is 0 Å². The summed E-state index contributed by atoms with van der Waals surface area (Å²) in [6, 6.07) is 0.706. The van der Waals surface area contributed by atoms with E-state index in [4.69, 9.17) is 0 Å². The van der Waals surface area contributed by atoms with E-state index >= 15 is 0 Å². The zero-order valence-electron chi connectivity index (χ0n) is 5.22. The van der Waals surface area contributed by atoms with Crippen LogP contribution in [0.15, 0.2) is 5.10 Å². The molecule has 1 fully saturated rings. The predicted molar refractivity (Wildman–Crippen MR) is 34.9 cm³/mol. The van der Waals surface area contributed by atoms with E-state index in [1.54, 1.807) is 0 Å². The van der Waals surface area contributed by atoms with Crippen LogP contribution in [0.1, 0.15) is 26.2 Å². The maximum absolute atomic E-state index is 3.98. The topological polar surface area (TPSA) is 24.4 Å². The second kappa shape index (κ2) is 2.70. The van der Waals surface area contributed by atoms with Gasteiger partial charge in [0.25, 0.3) is 0 Å². The lowest BCUT2D eigenvalue weighted by Crippen LogP contribution is -2.06. The van der Waals surface area contributed by atoms with Gasteiger partial charge in [0.2, 0.25) is 0 Å². The van der Waals surface area contributed by atoms with Crippen molar-refractivity contribution in [2.45, 2.75) is 32.2 Å². The molecule has 0 spiro atoms. The summed E-state index contributed by atoms with van der Waals surface area (Å²) in [5, 5.41) is 3.98. The van der Waals surface area contributed by atoms with Gasteiger partial charge in [-0.15, -0.1) is 0 Å². The zero-order valence-corrected chi connectivity index (χ0v) is 5.22. The van der Waals surface area contributed by atoms with Gasteiger partial charge in [-0.05, 0) is 19.3 Å². The molecule has 2 heteroatoms. The minimum atomic E-state index is 0.706. The second-order valence-electron chi connectivity index (χ2n) is 2.12. The van der Waals surface area contributed by atoms with E-state index in [-0.39, 0.29) is 0 Å². The number of nitrogens with zero attached hydrogens (tertiary/aromatic N) is 1. The molecule has 2 nitrogen and oxygen atoms in total. The number of hydrogen-bond acceptors (Lipinski definition) is 2. The van der Waals surface area contributed by atoms with Crippen LogP contribution in [0.25, 0.3) is 0 Å². The van der Waals surface area contributed by atoms with E-state index < -0.39 is 0 Å². The van der Waals surface area contributed by atoms with Gasteiger partial charge in [0.05, 0.1) is 0 Å². The average Bonchev–Trinajstić information content (AvgIpc) is 2.51. The van der Waals surface area contributed by atoms with Crippen LogP contribution in [-0.4, -0.2) is 12.3 Å². The number of nitrogens with one attached hydrogen (secondary N) is 1. The third-order valence-electron chi connectivity index (χ3n) is 1.11. The summed E-state index contributed by atoms with van der Waals surface area (Å²) in [5.41, 5.74) is 3.03. The van der Waals surface area contributed by atoms with E-state index in [2.05, 4.69) is 17.5 Å². The molecule has 0 saturated heterocycles. The van der Waals surface area contributed by atoms with Gasteiger partial charge in [0.1, 0.15) is 0 Å². The molecule has 8 heavy (non-hydrogen) atoms. The first-order valence-electron chi connectivity index (χ1n) is 3.20. The second-order valence-corrected chi connectivity index (χ2v) is 2.12. The highest BCUT2D eigenvalue weighted by Gasteiger charge is 2.19. The van der Waals surface area contributed by atoms with E-state index in [0.717, 1.165) is 6.42 Å². The predicted octanol–water partition coefficient (Wildman–Crippen LogP) is 1.13. The monoisotopic (exact) mass is 112 g/mol. The molecule has 1 aliphatic rings. The van der Waals surface area contributed by atoms with Gasteiger partial charge in [0.15, 0.2) is 0 Å². The number of hydrazone groups is 1. The van der Waals surface area contributed by atoms with Gasteiger partial charge >= 0.3 is 0 Å². The van der Waals surface area contributed by atoms with Crippen molar-refractivity contribution in [1.82, 2.24) is 5.43 Å². The molecule has 0 heterocycles. The molecular weight excluding hydrogens is 100 g/mol. The smallest absolute Gasteiger partial charge is 0.0441 e. The fourth-order valence-electron chi connectivity index (χ4n) is 0.462. The van der Waals surface area contributed by atoms with Crippen molar-refractivity contribution in [2.24, 2.45) is 5.10 Å². The lowest BCUT2D eigenvalue weighted by molar-refractivity contribution is 0.739. The Morgan fingerprint density at radius 2 is 2.50 bits per heavy atom. The van der Waals surface area contributed by atoms with Crippen molar-refractivity contribution in [3.63, 3.8) is 0 Å². The lowest BCUT2D eigenvalue weighted by atomic mass is 10.6. The van der Waals surface area contributed by atoms with Gasteiger partial charge in [-0.2, -0.15) is 5.10 Å². The highest BCUT2D eigenvalue weighted by atomic mass is 15.3. The summed E-state index contributed by atoms with van der Waals surface area (Å²) < 4.78 is 0. The molecule has 0 atom stereocenters. The molecule has 0 aliphatic heterocycles. The Kier molecular flexibility index (Phi) is 1.89. The maximum atomic E-state index is 3.98. The Morgan fingerprint density at radius 1 is 1.75 bits per heavy atom. The Hall–Kier alpha value is -0.530. The first-order valence-corrected chi connectivity index (χ1v) is 3.20. The van der Waals surface area contributed by atoms with Crippen LogP contribution in [0.4, 0.5) is 0 Å². The van der Waals surface area contributed by atoms with Gasteiger partial charge in [-0.25, -0.2) is 0 Å². The van der Waals surface area contributed by atoms with Crippen LogP contribution in [0.2, 0.25) is 0 Å². The van der Waals surface area contributed by atoms with Gasteiger partial charge in [-0.1, -0.05) is 6.92 Å². The Balaban J connectivity index is 1.93.